The first-order valence-corrected chi connectivity index (χ1v) is 15.4. The van der Waals surface area contributed by atoms with Crippen LogP contribution in [0.15, 0.2) is 72.8 Å². The van der Waals surface area contributed by atoms with Crippen LogP contribution in [0, 0.1) is 0 Å². The van der Waals surface area contributed by atoms with Crippen LogP contribution >= 0.6 is 23.2 Å². The first-order valence-electron chi connectivity index (χ1n) is 12.8. The molecule has 4 rings (SSSR count). The molecule has 1 heterocycles. The van der Waals surface area contributed by atoms with Gasteiger partial charge >= 0.3 is 240 Å². The van der Waals surface area contributed by atoms with E-state index in [0.717, 1.165) is 27.0 Å². The fourth-order valence-corrected chi connectivity index (χ4v) is 7.65. The van der Waals surface area contributed by atoms with Gasteiger partial charge in [0.2, 0.25) is 0 Å². The van der Waals surface area contributed by atoms with E-state index in [1.54, 1.807) is 0 Å². The van der Waals surface area contributed by atoms with Gasteiger partial charge in [-0.25, -0.2) is 0 Å². The van der Waals surface area contributed by atoms with Gasteiger partial charge in [-0.2, -0.15) is 0 Å². The van der Waals surface area contributed by atoms with Crippen molar-refractivity contribution in [1.82, 2.24) is 0 Å². The van der Waals surface area contributed by atoms with Crippen molar-refractivity contribution < 1.29 is 21.0 Å². The number of nitrogens with zero attached hydrogens (tertiary/aromatic N) is 2. The van der Waals surface area contributed by atoms with Crippen molar-refractivity contribution in [2.24, 2.45) is 0 Å². The van der Waals surface area contributed by atoms with E-state index in [1.807, 2.05) is 12.1 Å². The fourth-order valence-electron chi connectivity index (χ4n) is 4.56. The summed E-state index contributed by atoms with van der Waals surface area (Å²) in [6, 6.07) is 25.3. The zero-order chi connectivity index (χ0) is 26.7. The molecule has 1 fully saturated rings. The Labute approximate surface area is 239 Å². The van der Waals surface area contributed by atoms with Gasteiger partial charge in [0, 0.05) is 0 Å². The van der Waals surface area contributed by atoms with Crippen molar-refractivity contribution in [2.75, 3.05) is 16.3 Å². The van der Waals surface area contributed by atoms with Crippen LogP contribution in [-0.2, 0) is 16.2 Å². The van der Waals surface area contributed by atoms with E-state index in [1.165, 1.54) is 11.1 Å². The molecule has 3 nitrogen and oxygen atoms in total. The van der Waals surface area contributed by atoms with Gasteiger partial charge < -0.3 is 0 Å². The predicted molar refractivity (Wildman–Crippen MR) is 158 cm³/mol. The number of hydrogen-bond acceptors (Lipinski definition) is 3. The van der Waals surface area contributed by atoms with Crippen LogP contribution in [0.3, 0.4) is 0 Å². The van der Waals surface area contributed by atoms with E-state index >= 15 is 0 Å². The Balaban J connectivity index is 1.97. The van der Waals surface area contributed by atoms with Gasteiger partial charge in [-0.1, -0.05) is 0 Å². The first-order chi connectivity index (χ1) is 17.6. The summed E-state index contributed by atoms with van der Waals surface area (Å²) in [4.78, 5) is 4.51. The number of ether oxygens (including phenoxy) is 1. The molecule has 3 aromatic rings. The molecule has 0 unspecified atom stereocenters. The number of alkyl halides is 2. The van der Waals surface area contributed by atoms with Crippen LogP contribution in [0.25, 0.3) is 0 Å². The fraction of sp³-hybridized carbons (Fsp3) is 0.355. The van der Waals surface area contributed by atoms with Gasteiger partial charge in [-0.3, -0.25) is 0 Å². The number of para-hydroxylation sites is 3. The van der Waals surface area contributed by atoms with Gasteiger partial charge in [-0.15, -0.1) is 0 Å². The molecule has 0 saturated carbocycles. The van der Waals surface area contributed by atoms with Gasteiger partial charge in [0.25, 0.3) is 0 Å². The van der Waals surface area contributed by atoms with Gasteiger partial charge in [0.1, 0.15) is 0 Å². The maximum absolute atomic E-state index is 7.20. The Kier molecular flexibility index (Phi) is 8.94. The summed E-state index contributed by atoms with van der Waals surface area (Å²) < 4.78 is 8.46. The number of halogens is 2. The zero-order valence-electron chi connectivity index (χ0n) is 22.4. The van der Waals surface area contributed by atoms with Crippen LogP contribution in [-0.4, -0.2) is 26.1 Å². The third-order valence-corrected chi connectivity index (χ3v) is 8.93. The molecule has 1 aliphatic heterocycles. The van der Waals surface area contributed by atoms with Gasteiger partial charge in [-0.05, 0) is 0 Å². The molecule has 0 atom stereocenters. The summed E-state index contributed by atoms with van der Waals surface area (Å²) in [6.07, 6.45) is 0.103. The van der Waals surface area contributed by atoms with Gasteiger partial charge in [0.05, 0.1) is 0 Å². The van der Waals surface area contributed by atoms with Crippen LogP contribution in [0.2, 0.25) is 0 Å². The molecule has 1 aliphatic rings. The normalized spacial score (nSPS) is 15.3. The summed E-state index contributed by atoms with van der Waals surface area (Å²) in [6.45, 7) is 13.5. The minimum atomic E-state index is -1.11. The standard InChI is InChI=1S/C21H24Cl2N2.C10H12O.Ru/c1-15(2)17-9-5-7-11-19(17)24-13-21(22,23)25(14-24)20-12-8-6-10-18(20)16(3)4;1-8(2)11-10-7-5-4-6-9(10)3;/h5-12,15-16H,13H2,1-4H3;3-8H,1-2H3;. The quantitative estimate of drug-likeness (QED) is 0.150. The van der Waals surface area contributed by atoms with E-state index < -0.39 is 20.7 Å². The second-order valence-electron chi connectivity index (χ2n) is 10.2. The van der Waals surface area contributed by atoms with Crippen molar-refractivity contribution in [3.05, 3.63) is 89.5 Å². The Morgan fingerprint density at radius 2 is 1.32 bits per heavy atom. The molecule has 0 aliphatic carbocycles. The van der Waals surface area contributed by atoms with Crippen molar-refractivity contribution in [1.29, 1.82) is 0 Å². The van der Waals surface area contributed by atoms with Crippen molar-refractivity contribution in [3.63, 3.8) is 0 Å². The third-order valence-electron chi connectivity index (χ3n) is 6.25. The summed E-state index contributed by atoms with van der Waals surface area (Å²) in [7, 11) is 0. The molecule has 0 radical (unpaired) electrons. The number of rotatable bonds is 7. The summed E-state index contributed by atoms with van der Waals surface area (Å²) >= 11 is 14.0. The van der Waals surface area contributed by atoms with E-state index in [9.17, 15) is 0 Å². The molecular weight excluding hydrogens is 588 g/mol. The number of benzene rings is 3. The molecule has 198 valence electrons. The summed E-state index contributed by atoms with van der Waals surface area (Å²) in [5.74, 6) is 1.60. The SMILES string of the molecule is CC(C)Oc1ccccc1[CH]=[Ru]=[C]1N(c2ccccc2C(C)C)CC(Cl)(Cl)N1c1ccccc1C(C)C. The Morgan fingerprint density at radius 3 is 1.95 bits per heavy atom. The van der Waals surface area contributed by atoms with E-state index in [0.29, 0.717) is 18.4 Å². The van der Waals surface area contributed by atoms with Crippen molar-refractivity contribution >= 4 is 43.5 Å². The molecule has 0 N–H and O–H groups in total. The predicted octanol–water partition coefficient (Wildman–Crippen LogP) is 8.20. The molecule has 0 amide bonds. The Bertz CT molecular complexity index is 1310. The average molecular weight is 625 g/mol. The van der Waals surface area contributed by atoms with Crippen LogP contribution in [0.5, 0.6) is 5.75 Å². The zero-order valence-corrected chi connectivity index (χ0v) is 25.6. The average Bonchev–Trinajstić information content (AvgIpc) is 3.12. The molecule has 0 bridgehead atoms. The molecule has 37 heavy (non-hydrogen) atoms. The van der Waals surface area contributed by atoms with E-state index in [2.05, 4.69) is 117 Å². The molecule has 6 heteroatoms. The van der Waals surface area contributed by atoms with Gasteiger partial charge in [0.15, 0.2) is 0 Å². The Hall–Kier alpha value is -2.00. The minimum absolute atomic E-state index is 0.103. The molecule has 1 saturated heterocycles. The summed E-state index contributed by atoms with van der Waals surface area (Å²) in [5, 5.41) is 0. The molecule has 3 aromatic carbocycles. The second kappa shape index (κ2) is 11.8. The topological polar surface area (TPSA) is 15.7 Å². The molecule has 0 aromatic heterocycles. The summed E-state index contributed by atoms with van der Waals surface area (Å²) in [5.41, 5.74) is 5.84. The number of hydrogen-bond donors (Lipinski definition) is 0. The maximum atomic E-state index is 7.20. The van der Waals surface area contributed by atoms with Crippen LogP contribution in [0.4, 0.5) is 11.4 Å². The first kappa shape index (κ1) is 28.0. The van der Waals surface area contributed by atoms with Crippen LogP contribution < -0.4 is 14.5 Å². The monoisotopic (exact) mass is 624 g/mol. The Morgan fingerprint density at radius 1 is 0.784 bits per heavy atom. The molecular formula is C31H36Cl2N2ORu. The van der Waals surface area contributed by atoms with Crippen molar-refractivity contribution in [2.45, 2.75) is 63.9 Å². The van der Waals surface area contributed by atoms with E-state index in [4.69, 9.17) is 27.9 Å². The molecule has 0 spiro atoms. The third kappa shape index (κ3) is 6.19. The van der Waals surface area contributed by atoms with Crippen molar-refractivity contribution in [3.8, 4) is 5.75 Å². The van der Waals surface area contributed by atoms with E-state index in [-0.39, 0.29) is 6.10 Å². The second-order valence-corrected chi connectivity index (χ2v) is 13.4. The number of anilines is 2. The van der Waals surface area contributed by atoms with Crippen LogP contribution in [0.1, 0.15) is 70.1 Å².